The number of benzene rings is 2. The highest BCUT2D eigenvalue weighted by Gasteiger charge is 2.23. The number of alkyl halides is 2. The third kappa shape index (κ3) is 5.37. The molecule has 0 radical (unpaired) electrons. The van der Waals surface area contributed by atoms with E-state index in [0.29, 0.717) is 67.5 Å². The van der Waals surface area contributed by atoms with E-state index in [1.807, 2.05) is 4.90 Å². The summed E-state index contributed by atoms with van der Waals surface area (Å²) in [5.74, 6) is 1.01. The van der Waals surface area contributed by atoms with Gasteiger partial charge in [-0.3, -0.25) is 4.57 Å². The van der Waals surface area contributed by atoms with Crippen LogP contribution in [0.1, 0.15) is 24.7 Å². The molecule has 2 aliphatic rings. The van der Waals surface area contributed by atoms with Crippen molar-refractivity contribution >= 4 is 28.5 Å². The first-order valence-corrected chi connectivity index (χ1v) is 13.2. The van der Waals surface area contributed by atoms with Gasteiger partial charge in [-0.15, -0.1) is 0 Å². The number of nitrogens with zero attached hydrogens (tertiary/aromatic N) is 6. The quantitative estimate of drug-likeness (QED) is 0.373. The molecule has 2 saturated heterocycles. The van der Waals surface area contributed by atoms with Crippen molar-refractivity contribution in [3.63, 3.8) is 0 Å². The Morgan fingerprint density at radius 3 is 2.49 bits per heavy atom. The van der Waals surface area contributed by atoms with Gasteiger partial charge in [0, 0.05) is 44.0 Å². The van der Waals surface area contributed by atoms with E-state index in [9.17, 15) is 8.78 Å². The molecule has 1 unspecified atom stereocenters. The van der Waals surface area contributed by atoms with Crippen LogP contribution >= 0.6 is 0 Å². The number of aromatic nitrogens is 4. The number of rotatable bonds is 7. The average molecular weight is 536 g/mol. The summed E-state index contributed by atoms with van der Waals surface area (Å²) >= 11 is 0. The molecule has 2 aromatic heterocycles. The Hall–Kier alpha value is -3.83. The third-order valence-corrected chi connectivity index (χ3v) is 7.12. The van der Waals surface area contributed by atoms with Crippen molar-refractivity contribution in [2.45, 2.75) is 25.9 Å². The topological polar surface area (TPSA) is 80.6 Å². The maximum atomic E-state index is 14.1. The fraction of sp³-hybridized carbons (Fsp3) is 0.393. The zero-order chi connectivity index (χ0) is 26.8. The van der Waals surface area contributed by atoms with E-state index in [4.69, 9.17) is 19.4 Å². The molecule has 11 heteroatoms. The minimum atomic E-state index is -2.76. The minimum Gasteiger partial charge on any atom is -0.378 e. The predicted molar refractivity (Wildman–Crippen MR) is 146 cm³/mol. The number of anilines is 3. The highest BCUT2D eigenvalue weighted by atomic mass is 19.3. The van der Waals surface area contributed by atoms with E-state index in [1.165, 1.54) is 10.3 Å². The molecular formula is C28H31F2N7O2. The van der Waals surface area contributed by atoms with Crippen LogP contribution in [0, 0.1) is 0 Å². The molecule has 2 fully saturated rings. The van der Waals surface area contributed by atoms with Crippen LogP contribution in [0.25, 0.3) is 16.9 Å². The monoisotopic (exact) mass is 535 g/mol. The van der Waals surface area contributed by atoms with Gasteiger partial charge in [0.25, 0.3) is 6.43 Å². The molecular weight excluding hydrogens is 504 g/mol. The lowest BCUT2D eigenvalue weighted by molar-refractivity contribution is 0.0989. The Balaban J connectivity index is 1.31. The SMILES string of the molecule is CC1COCCN1c1ccc(CNc2cc(-n3c(C(F)F)nc4ccccc43)nc(N3CCOCC3)n2)cc1. The van der Waals surface area contributed by atoms with Gasteiger partial charge in [-0.2, -0.15) is 9.97 Å². The van der Waals surface area contributed by atoms with Gasteiger partial charge in [0.05, 0.1) is 37.5 Å². The largest absolute Gasteiger partial charge is 0.378 e. The second kappa shape index (κ2) is 11.1. The summed E-state index contributed by atoms with van der Waals surface area (Å²) in [7, 11) is 0. The van der Waals surface area contributed by atoms with Gasteiger partial charge in [0.1, 0.15) is 11.6 Å². The Kier molecular flexibility index (Phi) is 7.25. The molecule has 1 atom stereocenters. The molecule has 39 heavy (non-hydrogen) atoms. The van der Waals surface area contributed by atoms with Gasteiger partial charge in [-0.05, 0) is 36.8 Å². The number of ether oxygens (including phenoxy) is 2. The summed E-state index contributed by atoms with van der Waals surface area (Å²) in [4.78, 5) is 18.0. The molecule has 0 saturated carbocycles. The van der Waals surface area contributed by atoms with Crippen molar-refractivity contribution in [3.05, 3.63) is 66.0 Å². The molecule has 2 aromatic carbocycles. The van der Waals surface area contributed by atoms with Crippen molar-refractivity contribution in [1.82, 2.24) is 19.5 Å². The second-order valence-electron chi connectivity index (χ2n) is 9.74. The van der Waals surface area contributed by atoms with Crippen molar-refractivity contribution in [2.75, 3.05) is 61.2 Å². The Morgan fingerprint density at radius 2 is 1.72 bits per heavy atom. The molecule has 0 amide bonds. The summed E-state index contributed by atoms with van der Waals surface area (Å²) in [5, 5.41) is 3.38. The first kappa shape index (κ1) is 25.4. The molecule has 204 valence electrons. The standard InChI is InChI=1S/C28H31F2N7O2/c1-19-18-39-15-12-36(19)21-8-6-20(7-9-21)17-31-24-16-25(34-28(33-24)35-10-13-38-14-11-35)37-23-5-3-2-4-22(23)32-27(37)26(29)30/h2-9,16,19,26H,10-15,17-18H2,1H3,(H,31,33,34). The van der Waals surface area contributed by atoms with Crippen molar-refractivity contribution in [3.8, 4) is 5.82 Å². The minimum absolute atomic E-state index is 0.332. The first-order chi connectivity index (χ1) is 19.1. The van der Waals surface area contributed by atoms with Crippen LogP contribution in [0.4, 0.5) is 26.2 Å². The van der Waals surface area contributed by atoms with Gasteiger partial charge in [-0.1, -0.05) is 24.3 Å². The average Bonchev–Trinajstić information content (AvgIpc) is 3.37. The second-order valence-corrected chi connectivity index (χ2v) is 9.74. The number of nitrogens with one attached hydrogen (secondary N) is 1. The van der Waals surface area contributed by atoms with Gasteiger partial charge in [0.15, 0.2) is 5.82 Å². The van der Waals surface area contributed by atoms with Gasteiger partial charge in [-0.25, -0.2) is 13.8 Å². The van der Waals surface area contributed by atoms with E-state index in [-0.39, 0.29) is 5.82 Å². The van der Waals surface area contributed by atoms with Crippen molar-refractivity contribution in [2.24, 2.45) is 0 Å². The predicted octanol–water partition coefficient (Wildman–Crippen LogP) is 4.43. The summed E-state index contributed by atoms with van der Waals surface area (Å²) in [6, 6.07) is 17.5. The third-order valence-electron chi connectivity index (χ3n) is 7.12. The first-order valence-electron chi connectivity index (χ1n) is 13.2. The molecule has 9 nitrogen and oxygen atoms in total. The van der Waals surface area contributed by atoms with Crippen molar-refractivity contribution < 1.29 is 18.3 Å². The van der Waals surface area contributed by atoms with E-state index in [0.717, 1.165) is 25.3 Å². The molecule has 0 bridgehead atoms. The van der Waals surface area contributed by atoms with E-state index in [1.54, 1.807) is 30.3 Å². The van der Waals surface area contributed by atoms with Crippen LogP contribution in [0.2, 0.25) is 0 Å². The number of halogens is 2. The molecule has 2 aliphatic heterocycles. The van der Waals surface area contributed by atoms with Gasteiger partial charge >= 0.3 is 0 Å². The lowest BCUT2D eigenvalue weighted by atomic mass is 10.1. The number of hydrogen-bond acceptors (Lipinski definition) is 8. The van der Waals surface area contributed by atoms with E-state index < -0.39 is 6.43 Å². The van der Waals surface area contributed by atoms with Crippen LogP contribution in [0.15, 0.2) is 54.6 Å². The normalized spacial score (nSPS) is 18.2. The number of morpholine rings is 2. The summed E-state index contributed by atoms with van der Waals surface area (Å²) in [5.41, 5.74) is 3.30. The zero-order valence-corrected chi connectivity index (χ0v) is 21.8. The lowest BCUT2D eigenvalue weighted by Gasteiger charge is -2.35. The number of hydrogen-bond donors (Lipinski definition) is 1. The fourth-order valence-electron chi connectivity index (χ4n) is 5.07. The highest BCUT2D eigenvalue weighted by Crippen LogP contribution is 2.29. The van der Waals surface area contributed by atoms with Crippen LogP contribution in [-0.4, -0.2) is 71.6 Å². The van der Waals surface area contributed by atoms with Crippen LogP contribution in [0.3, 0.4) is 0 Å². The Labute approximate surface area is 225 Å². The zero-order valence-electron chi connectivity index (χ0n) is 21.8. The van der Waals surface area contributed by atoms with Crippen LogP contribution in [0.5, 0.6) is 0 Å². The molecule has 0 spiro atoms. The molecule has 4 aromatic rings. The Bertz CT molecular complexity index is 1420. The molecule has 4 heterocycles. The smallest absolute Gasteiger partial charge is 0.296 e. The Morgan fingerprint density at radius 1 is 0.949 bits per heavy atom. The fourth-order valence-corrected chi connectivity index (χ4v) is 5.07. The van der Waals surface area contributed by atoms with E-state index >= 15 is 0 Å². The maximum absolute atomic E-state index is 14.1. The molecule has 1 N–H and O–H groups in total. The van der Waals surface area contributed by atoms with E-state index in [2.05, 4.69) is 46.4 Å². The maximum Gasteiger partial charge on any atom is 0.296 e. The van der Waals surface area contributed by atoms with Gasteiger partial charge in [0.2, 0.25) is 5.95 Å². The summed E-state index contributed by atoms with van der Waals surface area (Å²) in [6.45, 7) is 7.37. The molecule has 6 rings (SSSR count). The van der Waals surface area contributed by atoms with Crippen LogP contribution < -0.4 is 15.1 Å². The van der Waals surface area contributed by atoms with Gasteiger partial charge < -0.3 is 24.6 Å². The summed E-state index contributed by atoms with van der Waals surface area (Å²) in [6.07, 6.45) is -2.76. The van der Waals surface area contributed by atoms with Crippen LogP contribution in [-0.2, 0) is 16.0 Å². The number of imidazole rings is 1. The summed E-state index contributed by atoms with van der Waals surface area (Å²) < 4.78 is 40.6. The highest BCUT2D eigenvalue weighted by molar-refractivity contribution is 5.78. The lowest BCUT2D eigenvalue weighted by Crippen LogP contribution is -2.43. The number of para-hydroxylation sites is 2. The van der Waals surface area contributed by atoms with Crippen molar-refractivity contribution in [1.29, 1.82) is 0 Å². The number of fused-ring (bicyclic) bond motifs is 1. The molecule has 0 aliphatic carbocycles.